The number of thiazole rings is 1. The van der Waals surface area contributed by atoms with Gasteiger partial charge in [-0.3, -0.25) is 4.79 Å². The van der Waals surface area contributed by atoms with Gasteiger partial charge in [-0.15, -0.1) is 11.3 Å². The summed E-state index contributed by atoms with van der Waals surface area (Å²) in [5.74, 6) is -1.24. The number of aromatic nitrogens is 1. The van der Waals surface area contributed by atoms with Crippen LogP contribution in [0, 0.1) is 11.7 Å². The molecule has 0 radical (unpaired) electrons. The van der Waals surface area contributed by atoms with Crippen LogP contribution in [0.5, 0.6) is 0 Å². The first kappa shape index (κ1) is 22.1. The van der Waals surface area contributed by atoms with Gasteiger partial charge in [-0.1, -0.05) is 28.1 Å². The van der Waals surface area contributed by atoms with Crippen LogP contribution in [-0.2, 0) is 14.8 Å². The number of amides is 1. The summed E-state index contributed by atoms with van der Waals surface area (Å²) in [6.07, 6.45) is 1.16. The van der Waals surface area contributed by atoms with E-state index in [0.29, 0.717) is 24.5 Å². The van der Waals surface area contributed by atoms with Crippen molar-refractivity contribution in [3.63, 3.8) is 0 Å². The zero-order valence-electron chi connectivity index (χ0n) is 16.3. The molecular weight excluding hydrogens is 505 g/mol. The third-order valence-electron chi connectivity index (χ3n) is 5.08. The fourth-order valence-electron chi connectivity index (χ4n) is 3.42. The predicted molar refractivity (Wildman–Crippen MR) is 122 cm³/mol. The van der Waals surface area contributed by atoms with Gasteiger partial charge in [0, 0.05) is 28.5 Å². The molecule has 1 aromatic heterocycles. The first-order valence-corrected chi connectivity index (χ1v) is 12.7. The molecule has 3 aromatic rings. The Labute approximate surface area is 192 Å². The largest absolute Gasteiger partial charge is 0.302 e. The van der Waals surface area contributed by atoms with Gasteiger partial charge in [-0.25, -0.2) is 17.8 Å². The minimum absolute atomic E-state index is 0.0222. The van der Waals surface area contributed by atoms with Crippen molar-refractivity contribution >= 4 is 48.3 Å². The number of halogens is 2. The van der Waals surface area contributed by atoms with E-state index in [1.807, 2.05) is 29.6 Å². The lowest BCUT2D eigenvalue weighted by Crippen LogP contribution is -2.43. The first-order chi connectivity index (χ1) is 14.8. The third-order valence-corrected chi connectivity index (χ3v) is 8.25. The minimum Gasteiger partial charge on any atom is -0.302 e. The molecule has 31 heavy (non-hydrogen) atoms. The molecule has 1 amide bonds. The summed E-state index contributed by atoms with van der Waals surface area (Å²) in [6.45, 7) is 0.408. The number of rotatable bonds is 5. The topological polar surface area (TPSA) is 79.4 Å². The van der Waals surface area contributed by atoms with Crippen molar-refractivity contribution in [2.24, 2.45) is 5.92 Å². The molecule has 1 aliphatic heterocycles. The molecule has 6 nitrogen and oxygen atoms in total. The van der Waals surface area contributed by atoms with Crippen LogP contribution in [-0.4, -0.2) is 36.7 Å². The Morgan fingerprint density at radius 2 is 1.87 bits per heavy atom. The minimum atomic E-state index is -3.78. The highest BCUT2D eigenvalue weighted by molar-refractivity contribution is 9.10. The molecule has 162 valence electrons. The maximum absolute atomic E-state index is 13.2. The van der Waals surface area contributed by atoms with Crippen LogP contribution in [0.3, 0.4) is 0 Å². The Balaban J connectivity index is 1.43. The predicted octanol–water partition coefficient (Wildman–Crippen LogP) is 4.75. The SMILES string of the molecule is O=C(Nc1nc(-c2ccc(Br)cc2)cs1)C1CCCN(S(=O)(=O)c2ccc(F)cc2)C1. The Hall–Kier alpha value is -2.14. The number of carbonyl (C=O) groups is 1. The average molecular weight is 524 g/mol. The van der Waals surface area contributed by atoms with E-state index >= 15 is 0 Å². The van der Waals surface area contributed by atoms with Crippen LogP contribution in [0.2, 0.25) is 0 Å². The summed E-state index contributed by atoms with van der Waals surface area (Å²) in [6, 6.07) is 12.4. The molecule has 1 aliphatic rings. The number of benzene rings is 2. The van der Waals surface area contributed by atoms with Crippen molar-refractivity contribution in [2.45, 2.75) is 17.7 Å². The number of hydrogen-bond acceptors (Lipinski definition) is 5. The molecule has 0 saturated carbocycles. The first-order valence-electron chi connectivity index (χ1n) is 9.61. The summed E-state index contributed by atoms with van der Waals surface area (Å²) in [5, 5.41) is 5.16. The van der Waals surface area contributed by atoms with Gasteiger partial charge in [0.15, 0.2) is 5.13 Å². The Morgan fingerprint density at radius 3 is 2.58 bits per heavy atom. The molecule has 0 aliphatic carbocycles. The number of nitrogens with zero attached hydrogens (tertiary/aromatic N) is 2. The number of piperidine rings is 1. The molecule has 1 atom stereocenters. The summed E-state index contributed by atoms with van der Waals surface area (Å²) >= 11 is 4.72. The lowest BCUT2D eigenvalue weighted by Gasteiger charge is -2.31. The monoisotopic (exact) mass is 523 g/mol. The van der Waals surface area contributed by atoms with Crippen molar-refractivity contribution in [1.29, 1.82) is 0 Å². The second-order valence-electron chi connectivity index (χ2n) is 7.19. The summed E-state index contributed by atoms with van der Waals surface area (Å²) < 4.78 is 41.2. The van der Waals surface area contributed by atoms with Crippen LogP contribution in [0.4, 0.5) is 9.52 Å². The number of anilines is 1. The molecule has 10 heteroatoms. The standard InChI is InChI=1S/C21H19BrFN3O3S2/c22-16-5-3-14(4-6-16)19-13-30-21(24-19)25-20(27)15-2-1-11-26(12-15)31(28,29)18-9-7-17(23)8-10-18/h3-10,13,15H,1-2,11-12H2,(H,24,25,27). The maximum atomic E-state index is 13.2. The van der Waals surface area contributed by atoms with E-state index < -0.39 is 21.8 Å². The zero-order valence-corrected chi connectivity index (χ0v) is 19.5. The highest BCUT2D eigenvalue weighted by Crippen LogP contribution is 2.28. The van der Waals surface area contributed by atoms with Crippen molar-refractivity contribution in [1.82, 2.24) is 9.29 Å². The van der Waals surface area contributed by atoms with Crippen molar-refractivity contribution in [3.05, 3.63) is 64.2 Å². The van der Waals surface area contributed by atoms with Crippen LogP contribution < -0.4 is 5.32 Å². The van der Waals surface area contributed by atoms with Gasteiger partial charge >= 0.3 is 0 Å². The van der Waals surface area contributed by atoms with E-state index in [9.17, 15) is 17.6 Å². The molecule has 0 spiro atoms. The number of carbonyl (C=O) groups excluding carboxylic acids is 1. The Bertz CT molecular complexity index is 1180. The van der Waals surface area contributed by atoms with Gasteiger partial charge < -0.3 is 5.32 Å². The lowest BCUT2D eigenvalue weighted by atomic mass is 9.99. The normalized spacial score (nSPS) is 17.4. The van der Waals surface area contributed by atoms with Gasteiger partial charge in [-0.05, 0) is 49.2 Å². The molecule has 0 bridgehead atoms. The van der Waals surface area contributed by atoms with Gasteiger partial charge in [-0.2, -0.15) is 4.31 Å². The van der Waals surface area contributed by atoms with E-state index in [-0.39, 0.29) is 17.3 Å². The highest BCUT2D eigenvalue weighted by Gasteiger charge is 2.33. The van der Waals surface area contributed by atoms with Crippen LogP contribution in [0.15, 0.2) is 63.3 Å². The summed E-state index contributed by atoms with van der Waals surface area (Å²) in [4.78, 5) is 17.3. The highest BCUT2D eigenvalue weighted by atomic mass is 79.9. The second-order valence-corrected chi connectivity index (χ2v) is 10.9. The van der Waals surface area contributed by atoms with E-state index in [1.165, 1.54) is 27.8 Å². The fourth-order valence-corrected chi connectivity index (χ4v) is 5.93. The van der Waals surface area contributed by atoms with E-state index in [1.54, 1.807) is 0 Å². The van der Waals surface area contributed by atoms with Crippen LogP contribution >= 0.6 is 27.3 Å². The third kappa shape index (κ3) is 5.03. The van der Waals surface area contributed by atoms with E-state index in [2.05, 4.69) is 26.2 Å². The van der Waals surface area contributed by atoms with Gasteiger partial charge in [0.2, 0.25) is 15.9 Å². The van der Waals surface area contributed by atoms with E-state index in [4.69, 9.17) is 0 Å². The van der Waals surface area contributed by atoms with Gasteiger partial charge in [0.25, 0.3) is 0 Å². The molecule has 1 N–H and O–H groups in total. The number of sulfonamides is 1. The molecule has 2 heterocycles. The van der Waals surface area contributed by atoms with E-state index in [0.717, 1.165) is 27.9 Å². The molecule has 2 aromatic carbocycles. The molecule has 1 unspecified atom stereocenters. The molecule has 1 saturated heterocycles. The number of nitrogens with one attached hydrogen (secondary N) is 1. The van der Waals surface area contributed by atoms with Gasteiger partial charge in [0.05, 0.1) is 16.5 Å². The lowest BCUT2D eigenvalue weighted by molar-refractivity contribution is -0.120. The Kier molecular flexibility index (Phi) is 6.52. The van der Waals surface area contributed by atoms with Crippen LogP contribution in [0.25, 0.3) is 11.3 Å². The van der Waals surface area contributed by atoms with Gasteiger partial charge in [0.1, 0.15) is 5.82 Å². The number of hydrogen-bond donors (Lipinski definition) is 1. The fraction of sp³-hybridized carbons (Fsp3) is 0.238. The van der Waals surface area contributed by atoms with Crippen molar-refractivity contribution < 1.29 is 17.6 Å². The van der Waals surface area contributed by atoms with Crippen molar-refractivity contribution in [2.75, 3.05) is 18.4 Å². The summed E-state index contributed by atoms with van der Waals surface area (Å²) in [7, 11) is -3.78. The summed E-state index contributed by atoms with van der Waals surface area (Å²) in [5.41, 5.74) is 1.70. The Morgan fingerprint density at radius 1 is 1.16 bits per heavy atom. The smallest absolute Gasteiger partial charge is 0.243 e. The zero-order chi connectivity index (χ0) is 22.0. The quantitative estimate of drug-likeness (QED) is 0.523. The second kappa shape index (κ2) is 9.15. The molecule has 4 rings (SSSR count). The van der Waals surface area contributed by atoms with Crippen molar-refractivity contribution in [3.8, 4) is 11.3 Å². The maximum Gasteiger partial charge on any atom is 0.243 e. The molecule has 1 fully saturated rings. The average Bonchev–Trinajstić information content (AvgIpc) is 3.23. The molecular formula is C21H19BrFN3O3S2. The van der Waals surface area contributed by atoms with Crippen LogP contribution in [0.1, 0.15) is 12.8 Å².